The van der Waals surface area contributed by atoms with Gasteiger partial charge in [0.2, 0.25) is 0 Å². The van der Waals surface area contributed by atoms with E-state index in [4.69, 9.17) is 0 Å². The van der Waals surface area contributed by atoms with Crippen LogP contribution in [0.1, 0.15) is 64.2 Å². The predicted molar refractivity (Wildman–Crippen MR) is 59.5 cm³/mol. The third-order valence-electron chi connectivity index (χ3n) is 2.75. The molecule has 0 aromatic rings. The standard InChI is InChI=1S/C12H23N/c1-2-4-6-8-10-12-13-11-9-7-5-3-1/h11H,1-10,12H2/b13-11+. The Kier molecular flexibility index (Phi) is 6.84. The molecule has 13 heavy (non-hydrogen) atoms. The average Bonchev–Trinajstić information content (AvgIpc) is 2.18. The number of hydrogen-bond acceptors (Lipinski definition) is 1. The molecule has 0 N–H and O–H groups in total. The normalized spacial score (nSPS) is 25.2. The van der Waals surface area contributed by atoms with Gasteiger partial charge in [0.25, 0.3) is 0 Å². The molecule has 0 spiro atoms. The highest BCUT2D eigenvalue weighted by molar-refractivity contribution is 5.56. The zero-order valence-electron chi connectivity index (χ0n) is 8.80. The van der Waals surface area contributed by atoms with Crippen molar-refractivity contribution in [2.24, 2.45) is 4.99 Å². The fourth-order valence-electron chi connectivity index (χ4n) is 1.86. The van der Waals surface area contributed by atoms with E-state index in [1.165, 1.54) is 64.2 Å². The average molecular weight is 181 g/mol. The monoisotopic (exact) mass is 181 g/mol. The lowest BCUT2D eigenvalue weighted by Crippen LogP contribution is -1.83. The van der Waals surface area contributed by atoms with Gasteiger partial charge in [-0.3, -0.25) is 4.99 Å². The van der Waals surface area contributed by atoms with Gasteiger partial charge in [0, 0.05) is 6.54 Å². The highest BCUT2D eigenvalue weighted by Gasteiger charge is 1.93. The van der Waals surface area contributed by atoms with Crippen molar-refractivity contribution in [1.29, 1.82) is 0 Å². The Labute approximate surface area is 82.6 Å². The Bertz CT molecular complexity index is 115. The second-order valence-corrected chi connectivity index (χ2v) is 4.06. The summed E-state index contributed by atoms with van der Waals surface area (Å²) in [5, 5.41) is 0. The zero-order chi connectivity index (χ0) is 9.19. The summed E-state index contributed by atoms with van der Waals surface area (Å²) in [6.45, 7) is 1.07. The van der Waals surface area contributed by atoms with Crippen molar-refractivity contribution >= 4 is 6.21 Å². The molecule has 0 fully saturated rings. The minimum absolute atomic E-state index is 1.07. The van der Waals surface area contributed by atoms with Crippen LogP contribution < -0.4 is 0 Å². The molecule has 76 valence electrons. The zero-order valence-corrected chi connectivity index (χ0v) is 8.80. The first-order valence-corrected chi connectivity index (χ1v) is 5.98. The molecule has 0 aromatic carbocycles. The van der Waals surface area contributed by atoms with Crippen LogP contribution in [-0.2, 0) is 0 Å². The van der Waals surface area contributed by atoms with Crippen LogP contribution in [0.25, 0.3) is 0 Å². The maximum atomic E-state index is 4.41. The van der Waals surface area contributed by atoms with E-state index >= 15 is 0 Å². The van der Waals surface area contributed by atoms with Crippen LogP contribution in [-0.4, -0.2) is 12.8 Å². The molecule has 0 bridgehead atoms. The maximum absolute atomic E-state index is 4.41. The van der Waals surface area contributed by atoms with E-state index in [0.29, 0.717) is 0 Å². The summed E-state index contributed by atoms with van der Waals surface area (Å²) < 4.78 is 0. The summed E-state index contributed by atoms with van der Waals surface area (Å²) in [5.41, 5.74) is 0. The molecule has 0 amide bonds. The first kappa shape index (κ1) is 10.7. The van der Waals surface area contributed by atoms with Gasteiger partial charge in [0.1, 0.15) is 0 Å². The SMILES string of the molecule is C1=N/CCCCCCCCCCC/1. The molecule has 1 aliphatic heterocycles. The number of aliphatic imine (C=N–C) groups is 1. The molecule has 0 saturated carbocycles. The van der Waals surface area contributed by atoms with E-state index in [0.717, 1.165) is 6.54 Å². The van der Waals surface area contributed by atoms with Crippen molar-refractivity contribution in [3.05, 3.63) is 0 Å². The van der Waals surface area contributed by atoms with Gasteiger partial charge in [0.05, 0.1) is 0 Å². The fourth-order valence-corrected chi connectivity index (χ4v) is 1.86. The van der Waals surface area contributed by atoms with Gasteiger partial charge in [-0.25, -0.2) is 0 Å². The lowest BCUT2D eigenvalue weighted by atomic mass is 10.1. The van der Waals surface area contributed by atoms with E-state index < -0.39 is 0 Å². The Hall–Kier alpha value is -0.330. The van der Waals surface area contributed by atoms with Crippen LogP contribution in [0, 0.1) is 0 Å². The molecule has 0 unspecified atom stereocenters. The topological polar surface area (TPSA) is 12.4 Å². The molecule has 0 saturated heterocycles. The predicted octanol–water partition coefficient (Wildman–Crippen LogP) is 3.97. The lowest BCUT2D eigenvalue weighted by Gasteiger charge is -1.99. The minimum Gasteiger partial charge on any atom is -0.298 e. The van der Waals surface area contributed by atoms with Gasteiger partial charge in [-0.2, -0.15) is 0 Å². The smallest absolute Gasteiger partial charge is 0.0385 e. The van der Waals surface area contributed by atoms with Crippen molar-refractivity contribution < 1.29 is 0 Å². The van der Waals surface area contributed by atoms with E-state index in [9.17, 15) is 0 Å². The van der Waals surface area contributed by atoms with Crippen molar-refractivity contribution in [2.75, 3.05) is 6.54 Å². The summed E-state index contributed by atoms with van der Waals surface area (Å²) in [5.74, 6) is 0. The third-order valence-corrected chi connectivity index (χ3v) is 2.75. The van der Waals surface area contributed by atoms with Crippen LogP contribution in [0.2, 0.25) is 0 Å². The van der Waals surface area contributed by atoms with E-state index in [2.05, 4.69) is 11.2 Å². The number of nitrogens with zero attached hydrogens (tertiary/aromatic N) is 1. The second-order valence-electron chi connectivity index (χ2n) is 4.06. The molecule has 1 nitrogen and oxygen atoms in total. The summed E-state index contributed by atoms with van der Waals surface area (Å²) in [6, 6.07) is 0. The van der Waals surface area contributed by atoms with E-state index in [1.54, 1.807) is 0 Å². The Morgan fingerprint density at radius 2 is 1.15 bits per heavy atom. The minimum atomic E-state index is 1.07. The van der Waals surface area contributed by atoms with Gasteiger partial charge < -0.3 is 0 Å². The van der Waals surface area contributed by atoms with Gasteiger partial charge in [-0.05, 0) is 25.5 Å². The summed E-state index contributed by atoms with van der Waals surface area (Å²) in [6.07, 6.45) is 16.0. The van der Waals surface area contributed by atoms with Crippen molar-refractivity contribution in [3.8, 4) is 0 Å². The van der Waals surface area contributed by atoms with Crippen LogP contribution in [0.15, 0.2) is 4.99 Å². The van der Waals surface area contributed by atoms with Gasteiger partial charge >= 0.3 is 0 Å². The van der Waals surface area contributed by atoms with E-state index in [1.807, 2.05) is 0 Å². The van der Waals surface area contributed by atoms with Crippen LogP contribution in [0.5, 0.6) is 0 Å². The number of hydrogen-bond donors (Lipinski definition) is 0. The molecule has 1 heterocycles. The Morgan fingerprint density at radius 3 is 1.85 bits per heavy atom. The fraction of sp³-hybridized carbons (Fsp3) is 0.917. The molecular formula is C12H23N. The van der Waals surface area contributed by atoms with Gasteiger partial charge in [0.15, 0.2) is 0 Å². The quantitative estimate of drug-likeness (QED) is 0.536. The van der Waals surface area contributed by atoms with Crippen LogP contribution in [0.3, 0.4) is 0 Å². The lowest BCUT2D eigenvalue weighted by molar-refractivity contribution is 0.567. The first-order chi connectivity index (χ1) is 6.50. The summed E-state index contributed by atoms with van der Waals surface area (Å²) in [7, 11) is 0. The molecule has 0 atom stereocenters. The highest BCUT2D eigenvalue weighted by Crippen LogP contribution is 2.10. The summed E-state index contributed by atoms with van der Waals surface area (Å²) >= 11 is 0. The van der Waals surface area contributed by atoms with Gasteiger partial charge in [-0.1, -0.05) is 44.9 Å². The molecule has 1 heteroatoms. The molecule has 0 aromatic heterocycles. The highest BCUT2D eigenvalue weighted by atomic mass is 14.7. The molecule has 0 radical (unpaired) electrons. The first-order valence-electron chi connectivity index (χ1n) is 5.98. The summed E-state index contributed by atoms with van der Waals surface area (Å²) in [4.78, 5) is 4.41. The molecule has 0 aliphatic carbocycles. The molecule has 1 rings (SSSR count). The number of rotatable bonds is 0. The second kappa shape index (κ2) is 8.28. The van der Waals surface area contributed by atoms with Crippen molar-refractivity contribution in [1.82, 2.24) is 0 Å². The Balaban J connectivity index is 2.09. The third kappa shape index (κ3) is 6.80. The van der Waals surface area contributed by atoms with Gasteiger partial charge in [-0.15, -0.1) is 0 Å². The molecule has 1 aliphatic rings. The Morgan fingerprint density at radius 1 is 0.615 bits per heavy atom. The maximum Gasteiger partial charge on any atom is 0.0385 e. The van der Waals surface area contributed by atoms with Crippen LogP contribution >= 0.6 is 0 Å². The van der Waals surface area contributed by atoms with Crippen molar-refractivity contribution in [2.45, 2.75) is 64.2 Å². The van der Waals surface area contributed by atoms with E-state index in [-0.39, 0.29) is 0 Å². The van der Waals surface area contributed by atoms with Crippen LogP contribution in [0.4, 0.5) is 0 Å². The van der Waals surface area contributed by atoms with Crippen molar-refractivity contribution in [3.63, 3.8) is 0 Å². The molecular weight excluding hydrogens is 158 g/mol. The largest absolute Gasteiger partial charge is 0.298 e.